The fourth-order valence-electron chi connectivity index (χ4n) is 1.61. The summed E-state index contributed by atoms with van der Waals surface area (Å²) in [6.45, 7) is 2.16. The van der Waals surface area contributed by atoms with Crippen molar-refractivity contribution in [1.29, 1.82) is 0 Å². The predicted molar refractivity (Wildman–Crippen MR) is 72.9 cm³/mol. The molecule has 0 aliphatic rings. The zero-order valence-corrected chi connectivity index (χ0v) is 11.5. The summed E-state index contributed by atoms with van der Waals surface area (Å²) in [6, 6.07) is 7.39. The van der Waals surface area contributed by atoms with Gasteiger partial charge < -0.3 is 14.6 Å². The molecule has 0 amide bonds. The van der Waals surface area contributed by atoms with Crippen LogP contribution in [0.15, 0.2) is 28.8 Å². The topological polar surface area (TPSA) is 60.2 Å². The Kier molecular flexibility index (Phi) is 5.32. The van der Waals surface area contributed by atoms with Gasteiger partial charge >= 0.3 is 0 Å². The van der Waals surface area contributed by atoms with Gasteiger partial charge in [0.2, 0.25) is 0 Å². The highest BCUT2D eigenvalue weighted by atomic mass is 35.5. The zero-order valence-electron chi connectivity index (χ0n) is 10.7. The van der Waals surface area contributed by atoms with Crippen LogP contribution in [0.5, 0.6) is 0 Å². The van der Waals surface area contributed by atoms with Crippen molar-refractivity contribution < 1.29 is 9.26 Å². The molecular formula is C13H16ClN3O2. The molecule has 0 fully saturated rings. The summed E-state index contributed by atoms with van der Waals surface area (Å²) in [5.41, 5.74) is 0.752. The van der Waals surface area contributed by atoms with Crippen LogP contribution < -0.4 is 5.32 Å². The number of hydrogen-bond donors (Lipinski definition) is 1. The van der Waals surface area contributed by atoms with Crippen LogP contribution in [0, 0.1) is 0 Å². The second kappa shape index (κ2) is 7.23. The Bertz CT molecular complexity index is 516. The quantitative estimate of drug-likeness (QED) is 0.790. The maximum Gasteiger partial charge on any atom is 0.259 e. The van der Waals surface area contributed by atoms with Gasteiger partial charge in [0, 0.05) is 13.7 Å². The molecule has 1 aromatic heterocycles. The van der Waals surface area contributed by atoms with Crippen LogP contribution in [0.3, 0.4) is 0 Å². The minimum absolute atomic E-state index is 0.444. The molecule has 0 unspecified atom stereocenters. The van der Waals surface area contributed by atoms with Crippen molar-refractivity contribution in [2.45, 2.75) is 13.0 Å². The molecular weight excluding hydrogens is 266 g/mol. The molecule has 0 aliphatic carbocycles. The van der Waals surface area contributed by atoms with Crippen LogP contribution in [0.1, 0.15) is 12.2 Å². The summed E-state index contributed by atoms with van der Waals surface area (Å²) in [5.74, 6) is 1.06. The zero-order chi connectivity index (χ0) is 13.5. The van der Waals surface area contributed by atoms with Crippen LogP contribution in [0.2, 0.25) is 5.02 Å². The summed E-state index contributed by atoms with van der Waals surface area (Å²) in [6.07, 6.45) is 0.950. The molecule has 19 heavy (non-hydrogen) atoms. The molecule has 1 N–H and O–H groups in total. The molecule has 1 heterocycles. The van der Waals surface area contributed by atoms with Crippen LogP contribution in [-0.4, -0.2) is 30.4 Å². The van der Waals surface area contributed by atoms with Gasteiger partial charge in [-0.15, -0.1) is 0 Å². The summed E-state index contributed by atoms with van der Waals surface area (Å²) in [7, 11) is 1.69. The first-order chi connectivity index (χ1) is 9.31. The average Bonchev–Trinajstić information content (AvgIpc) is 2.88. The molecule has 6 heteroatoms. The molecule has 0 bridgehead atoms. The van der Waals surface area contributed by atoms with E-state index >= 15 is 0 Å². The lowest BCUT2D eigenvalue weighted by molar-refractivity contribution is 0.194. The third-order valence-electron chi connectivity index (χ3n) is 2.56. The number of nitrogens with one attached hydrogen (secondary N) is 1. The number of rotatable bonds is 7. The Hall–Kier alpha value is -1.43. The second-order valence-electron chi connectivity index (χ2n) is 4.02. The van der Waals surface area contributed by atoms with Gasteiger partial charge in [-0.2, -0.15) is 4.98 Å². The van der Waals surface area contributed by atoms with E-state index in [-0.39, 0.29) is 0 Å². The number of ether oxygens (including phenoxy) is 1. The number of halogens is 1. The lowest BCUT2D eigenvalue weighted by atomic mass is 10.2. The maximum atomic E-state index is 6.07. The Balaban J connectivity index is 1.91. The Morgan fingerprint density at radius 3 is 3.00 bits per heavy atom. The van der Waals surface area contributed by atoms with E-state index in [0.29, 0.717) is 23.3 Å². The normalized spacial score (nSPS) is 10.8. The Labute approximate surface area is 116 Å². The third kappa shape index (κ3) is 4.02. The van der Waals surface area contributed by atoms with Crippen molar-refractivity contribution >= 4 is 11.6 Å². The number of aromatic nitrogens is 2. The maximum absolute atomic E-state index is 6.07. The predicted octanol–water partition coefficient (Wildman–Crippen LogP) is 2.52. The van der Waals surface area contributed by atoms with Crippen molar-refractivity contribution in [3.05, 3.63) is 35.1 Å². The minimum Gasteiger partial charge on any atom is -0.385 e. The first-order valence-corrected chi connectivity index (χ1v) is 6.46. The second-order valence-corrected chi connectivity index (χ2v) is 4.43. The first-order valence-electron chi connectivity index (χ1n) is 6.08. The van der Waals surface area contributed by atoms with Crippen molar-refractivity contribution in [3.63, 3.8) is 0 Å². The largest absolute Gasteiger partial charge is 0.385 e. The monoisotopic (exact) mass is 281 g/mol. The highest BCUT2D eigenvalue weighted by molar-refractivity contribution is 6.33. The van der Waals surface area contributed by atoms with Gasteiger partial charge in [-0.05, 0) is 25.1 Å². The van der Waals surface area contributed by atoms with Gasteiger partial charge in [0.15, 0.2) is 5.82 Å². The van der Waals surface area contributed by atoms with Gasteiger partial charge in [0.25, 0.3) is 5.89 Å². The Morgan fingerprint density at radius 2 is 2.21 bits per heavy atom. The van der Waals surface area contributed by atoms with Crippen LogP contribution in [-0.2, 0) is 11.3 Å². The van der Waals surface area contributed by atoms with E-state index in [1.807, 2.05) is 18.2 Å². The molecule has 2 rings (SSSR count). The fraction of sp³-hybridized carbons (Fsp3) is 0.385. The van der Waals surface area contributed by atoms with Gasteiger partial charge in [-0.1, -0.05) is 28.9 Å². The van der Waals surface area contributed by atoms with Crippen molar-refractivity contribution in [3.8, 4) is 11.5 Å². The lowest BCUT2D eigenvalue weighted by Gasteiger charge is -2.00. The fourth-order valence-corrected chi connectivity index (χ4v) is 1.83. The van der Waals surface area contributed by atoms with Crippen molar-refractivity contribution in [1.82, 2.24) is 15.5 Å². The standard InChI is InChI=1S/C13H16ClN3O2/c1-18-8-4-7-15-9-12-16-13(19-17-12)10-5-2-3-6-11(10)14/h2-3,5-6,15H,4,7-9H2,1H3. The van der Waals surface area contributed by atoms with Gasteiger partial charge in [0.05, 0.1) is 17.1 Å². The van der Waals surface area contributed by atoms with E-state index in [9.17, 15) is 0 Å². The summed E-state index contributed by atoms with van der Waals surface area (Å²) in [5, 5.41) is 7.73. The molecule has 2 aromatic rings. The molecule has 0 spiro atoms. The lowest BCUT2D eigenvalue weighted by Crippen LogP contribution is -2.16. The molecule has 0 radical (unpaired) electrons. The van der Waals surface area contributed by atoms with E-state index < -0.39 is 0 Å². The van der Waals surface area contributed by atoms with Crippen LogP contribution in [0.25, 0.3) is 11.5 Å². The molecule has 0 saturated heterocycles. The number of nitrogens with zero attached hydrogens (tertiary/aromatic N) is 2. The van der Waals surface area contributed by atoms with E-state index in [4.69, 9.17) is 20.9 Å². The Morgan fingerprint density at radius 1 is 1.37 bits per heavy atom. The smallest absolute Gasteiger partial charge is 0.259 e. The molecule has 0 atom stereocenters. The van der Waals surface area contributed by atoms with E-state index in [2.05, 4.69) is 15.5 Å². The van der Waals surface area contributed by atoms with Gasteiger partial charge in [-0.3, -0.25) is 0 Å². The average molecular weight is 282 g/mol. The molecule has 102 valence electrons. The summed E-state index contributed by atoms with van der Waals surface area (Å²) < 4.78 is 10.2. The molecule has 0 saturated carbocycles. The van der Waals surface area contributed by atoms with Crippen LogP contribution >= 0.6 is 11.6 Å². The van der Waals surface area contributed by atoms with Crippen molar-refractivity contribution in [2.24, 2.45) is 0 Å². The van der Waals surface area contributed by atoms with Gasteiger partial charge in [0.1, 0.15) is 0 Å². The van der Waals surface area contributed by atoms with Crippen molar-refractivity contribution in [2.75, 3.05) is 20.3 Å². The molecule has 5 nitrogen and oxygen atoms in total. The van der Waals surface area contributed by atoms with E-state index in [1.165, 1.54) is 0 Å². The number of benzene rings is 1. The number of methoxy groups -OCH3 is 1. The summed E-state index contributed by atoms with van der Waals surface area (Å²) >= 11 is 6.07. The minimum atomic E-state index is 0.444. The van der Waals surface area contributed by atoms with E-state index in [0.717, 1.165) is 25.1 Å². The van der Waals surface area contributed by atoms with E-state index in [1.54, 1.807) is 13.2 Å². The molecule has 1 aromatic carbocycles. The SMILES string of the molecule is COCCCNCc1noc(-c2ccccc2Cl)n1. The van der Waals surface area contributed by atoms with Crippen LogP contribution in [0.4, 0.5) is 0 Å². The molecule has 0 aliphatic heterocycles. The summed E-state index contributed by atoms with van der Waals surface area (Å²) in [4.78, 5) is 4.30. The first kappa shape index (κ1) is 14.0. The highest BCUT2D eigenvalue weighted by Gasteiger charge is 2.11. The highest BCUT2D eigenvalue weighted by Crippen LogP contribution is 2.25. The van der Waals surface area contributed by atoms with Gasteiger partial charge in [-0.25, -0.2) is 0 Å². The number of hydrogen-bond acceptors (Lipinski definition) is 5. The third-order valence-corrected chi connectivity index (χ3v) is 2.89.